The van der Waals surface area contributed by atoms with Gasteiger partial charge in [0.25, 0.3) is 0 Å². The van der Waals surface area contributed by atoms with Gasteiger partial charge in [-0.2, -0.15) is 0 Å². The molecule has 0 N–H and O–H groups in total. The average molecular weight is 266 g/mol. The zero-order valence-electron chi connectivity index (χ0n) is 12.8. The summed E-state index contributed by atoms with van der Waals surface area (Å²) >= 11 is 0. The van der Waals surface area contributed by atoms with E-state index in [2.05, 4.69) is 74.5 Å². The zero-order chi connectivity index (χ0) is 14.2. The van der Waals surface area contributed by atoms with Crippen molar-refractivity contribution in [3.05, 3.63) is 71.8 Å². The summed E-state index contributed by atoms with van der Waals surface area (Å²) in [6, 6.07) is 21.9. The zero-order valence-corrected chi connectivity index (χ0v) is 12.8. The molecule has 0 radical (unpaired) electrons. The molecule has 0 saturated heterocycles. The van der Waals surface area contributed by atoms with Crippen LogP contribution in [0, 0.1) is 5.92 Å². The van der Waals surface area contributed by atoms with Gasteiger partial charge in [0.15, 0.2) is 0 Å². The van der Waals surface area contributed by atoms with Gasteiger partial charge in [0, 0.05) is 0 Å². The molecular formula is C20H26. The molecule has 0 heteroatoms. The van der Waals surface area contributed by atoms with E-state index in [-0.39, 0.29) is 0 Å². The van der Waals surface area contributed by atoms with E-state index in [4.69, 9.17) is 0 Å². The van der Waals surface area contributed by atoms with Crippen LogP contribution in [0.5, 0.6) is 0 Å². The lowest BCUT2D eigenvalue weighted by molar-refractivity contribution is 0.413. The summed E-state index contributed by atoms with van der Waals surface area (Å²) in [4.78, 5) is 0. The van der Waals surface area contributed by atoms with Crippen LogP contribution < -0.4 is 0 Å². The number of benzene rings is 2. The van der Waals surface area contributed by atoms with Gasteiger partial charge in [-0.05, 0) is 42.2 Å². The fourth-order valence-corrected chi connectivity index (χ4v) is 3.01. The molecule has 0 fully saturated rings. The monoisotopic (exact) mass is 266 g/mol. The fourth-order valence-electron chi connectivity index (χ4n) is 3.01. The van der Waals surface area contributed by atoms with Crippen LogP contribution in [0.15, 0.2) is 60.7 Å². The third-order valence-electron chi connectivity index (χ3n) is 4.33. The Morgan fingerprint density at radius 3 is 1.90 bits per heavy atom. The second-order valence-corrected chi connectivity index (χ2v) is 5.72. The molecule has 0 saturated carbocycles. The Labute approximate surface area is 123 Å². The molecule has 2 atom stereocenters. The minimum Gasteiger partial charge on any atom is -0.0651 e. The van der Waals surface area contributed by atoms with Gasteiger partial charge in [-0.1, -0.05) is 80.9 Å². The topological polar surface area (TPSA) is 0 Å². The lowest BCUT2D eigenvalue weighted by Crippen LogP contribution is -2.09. The third-order valence-corrected chi connectivity index (χ3v) is 4.33. The minimum absolute atomic E-state index is 0.699. The summed E-state index contributed by atoms with van der Waals surface area (Å²) in [7, 11) is 0. The van der Waals surface area contributed by atoms with Gasteiger partial charge in [-0.3, -0.25) is 0 Å². The molecule has 20 heavy (non-hydrogen) atoms. The van der Waals surface area contributed by atoms with Crippen LogP contribution in [-0.4, -0.2) is 0 Å². The second-order valence-electron chi connectivity index (χ2n) is 5.72. The summed E-state index contributed by atoms with van der Waals surface area (Å²) in [5.74, 6) is 1.48. The van der Waals surface area contributed by atoms with Crippen LogP contribution in [0.2, 0.25) is 0 Å². The summed E-state index contributed by atoms with van der Waals surface area (Å²) in [5.41, 5.74) is 2.98. The van der Waals surface area contributed by atoms with Gasteiger partial charge in [0.1, 0.15) is 0 Å². The van der Waals surface area contributed by atoms with E-state index in [1.165, 1.54) is 36.8 Å². The van der Waals surface area contributed by atoms with E-state index in [0.29, 0.717) is 5.92 Å². The molecule has 2 aromatic rings. The quantitative estimate of drug-likeness (QED) is 0.590. The highest BCUT2D eigenvalue weighted by atomic mass is 14.2. The second kappa shape index (κ2) is 7.89. The van der Waals surface area contributed by atoms with Crippen LogP contribution in [0.1, 0.15) is 50.2 Å². The molecule has 2 unspecified atom stereocenters. The maximum absolute atomic E-state index is 2.32. The normalized spacial score (nSPS) is 13.9. The van der Waals surface area contributed by atoms with Crippen molar-refractivity contribution in [3.63, 3.8) is 0 Å². The first kappa shape index (κ1) is 14.8. The van der Waals surface area contributed by atoms with Crippen molar-refractivity contribution in [1.29, 1.82) is 0 Å². The van der Waals surface area contributed by atoms with E-state index in [1.807, 2.05) is 0 Å². The Morgan fingerprint density at radius 2 is 1.35 bits per heavy atom. The van der Waals surface area contributed by atoms with Crippen LogP contribution in [0.25, 0.3) is 0 Å². The van der Waals surface area contributed by atoms with E-state index in [0.717, 1.165) is 5.92 Å². The number of hydrogen-bond donors (Lipinski definition) is 0. The summed E-state index contributed by atoms with van der Waals surface area (Å²) in [6.07, 6.45) is 5.00. The Kier molecular flexibility index (Phi) is 5.86. The number of hydrogen-bond acceptors (Lipinski definition) is 0. The Morgan fingerprint density at radius 1 is 0.750 bits per heavy atom. The van der Waals surface area contributed by atoms with Crippen LogP contribution in [0.4, 0.5) is 0 Å². The predicted molar refractivity (Wildman–Crippen MR) is 88.0 cm³/mol. The van der Waals surface area contributed by atoms with Crippen molar-refractivity contribution in [2.24, 2.45) is 5.92 Å². The summed E-state index contributed by atoms with van der Waals surface area (Å²) in [5, 5.41) is 0. The molecule has 0 bridgehead atoms. The van der Waals surface area contributed by atoms with Crippen LogP contribution in [-0.2, 0) is 6.42 Å². The largest absolute Gasteiger partial charge is 0.0651 e. The maximum atomic E-state index is 2.32. The predicted octanol–water partition coefficient (Wildman–Crippen LogP) is 5.84. The molecule has 0 amide bonds. The summed E-state index contributed by atoms with van der Waals surface area (Å²) in [6.45, 7) is 4.64. The van der Waals surface area contributed by atoms with Crippen LogP contribution >= 0.6 is 0 Å². The molecule has 0 nitrogen and oxygen atoms in total. The average Bonchev–Trinajstić information content (AvgIpc) is 2.53. The molecule has 0 heterocycles. The molecular weight excluding hydrogens is 240 g/mol. The Balaban J connectivity index is 2.01. The van der Waals surface area contributed by atoms with E-state index < -0.39 is 0 Å². The van der Waals surface area contributed by atoms with E-state index >= 15 is 0 Å². The highest BCUT2D eigenvalue weighted by Gasteiger charge is 2.16. The summed E-state index contributed by atoms with van der Waals surface area (Å²) < 4.78 is 0. The van der Waals surface area contributed by atoms with Gasteiger partial charge in [0.2, 0.25) is 0 Å². The fraction of sp³-hybridized carbons (Fsp3) is 0.400. The van der Waals surface area contributed by atoms with E-state index in [1.54, 1.807) is 0 Å². The molecule has 0 spiro atoms. The van der Waals surface area contributed by atoms with Crippen molar-refractivity contribution in [1.82, 2.24) is 0 Å². The first-order valence-electron chi connectivity index (χ1n) is 7.92. The SMILES string of the molecule is CCC(Cc1ccccc1)CC(CC)c1ccccc1. The van der Waals surface area contributed by atoms with Gasteiger partial charge in [0.05, 0.1) is 0 Å². The standard InChI is InChI=1S/C20H26/c1-3-17(15-18-11-7-5-8-12-18)16-19(4-2)20-13-9-6-10-14-20/h5-14,17,19H,3-4,15-16H2,1-2H3. The van der Waals surface area contributed by atoms with Crippen molar-refractivity contribution in [3.8, 4) is 0 Å². The lowest BCUT2D eigenvalue weighted by Gasteiger charge is -2.22. The van der Waals surface area contributed by atoms with Gasteiger partial charge < -0.3 is 0 Å². The van der Waals surface area contributed by atoms with Gasteiger partial charge in [-0.15, -0.1) is 0 Å². The Hall–Kier alpha value is -1.56. The molecule has 0 aliphatic heterocycles. The molecule has 0 aromatic heterocycles. The lowest BCUT2D eigenvalue weighted by atomic mass is 9.83. The van der Waals surface area contributed by atoms with Crippen molar-refractivity contribution >= 4 is 0 Å². The molecule has 0 aliphatic carbocycles. The first-order valence-corrected chi connectivity index (χ1v) is 7.92. The van der Waals surface area contributed by atoms with Crippen molar-refractivity contribution in [2.45, 2.75) is 45.4 Å². The Bertz CT molecular complexity index is 472. The molecule has 0 aliphatic rings. The number of rotatable bonds is 7. The van der Waals surface area contributed by atoms with Gasteiger partial charge in [-0.25, -0.2) is 0 Å². The molecule has 2 aromatic carbocycles. The first-order chi connectivity index (χ1) is 9.83. The highest BCUT2D eigenvalue weighted by molar-refractivity contribution is 5.20. The van der Waals surface area contributed by atoms with E-state index in [9.17, 15) is 0 Å². The van der Waals surface area contributed by atoms with Crippen molar-refractivity contribution in [2.75, 3.05) is 0 Å². The molecule has 2 rings (SSSR count). The maximum Gasteiger partial charge on any atom is -0.0162 e. The smallest absolute Gasteiger partial charge is 0.0162 e. The van der Waals surface area contributed by atoms with Crippen molar-refractivity contribution < 1.29 is 0 Å². The minimum atomic E-state index is 0.699. The highest BCUT2D eigenvalue weighted by Crippen LogP contribution is 2.30. The third kappa shape index (κ3) is 4.23. The van der Waals surface area contributed by atoms with Gasteiger partial charge >= 0.3 is 0 Å². The molecule has 106 valence electrons. The van der Waals surface area contributed by atoms with Crippen LogP contribution in [0.3, 0.4) is 0 Å².